The minimum Gasteiger partial charge on any atom is -0.497 e. The molecule has 0 saturated heterocycles. The fourth-order valence-electron chi connectivity index (χ4n) is 1.87. The average molecular weight is 368 g/mol. The highest BCUT2D eigenvalue weighted by molar-refractivity contribution is 7.90. The van der Waals surface area contributed by atoms with Crippen LogP contribution in [0.1, 0.15) is 13.2 Å². The van der Waals surface area contributed by atoms with Crippen LogP contribution in [0.2, 0.25) is 0 Å². The SMILES string of the molecule is COC(=O)NS(=O)(=O)c1ccc(NC(=O)c2ccc(OC)cc2)cc1.[HH].[HH]. The van der Waals surface area contributed by atoms with Crippen LogP contribution in [0.4, 0.5) is 10.5 Å². The van der Waals surface area contributed by atoms with Crippen LogP contribution < -0.4 is 14.8 Å². The number of amides is 2. The summed E-state index contributed by atoms with van der Waals surface area (Å²) in [5, 5.41) is 2.64. The van der Waals surface area contributed by atoms with Gasteiger partial charge in [-0.1, -0.05) is 0 Å². The Morgan fingerprint density at radius 1 is 0.960 bits per heavy atom. The molecular weight excluding hydrogens is 348 g/mol. The van der Waals surface area contributed by atoms with Gasteiger partial charge in [0, 0.05) is 14.1 Å². The number of sulfonamides is 1. The fraction of sp³-hybridized carbons (Fsp3) is 0.125. The molecule has 9 heteroatoms. The molecule has 0 spiro atoms. The monoisotopic (exact) mass is 368 g/mol. The molecule has 2 rings (SSSR count). The van der Waals surface area contributed by atoms with Crippen LogP contribution in [-0.4, -0.2) is 34.6 Å². The zero-order chi connectivity index (χ0) is 18.4. The first-order chi connectivity index (χ1) is 11.9. The van der Waals surface area contributed by atoms with Gasteiger partial charge in [-0.25, -0.2) is 17.9 Å². The normalized spacial score (nSPS) is 10.6. The lowest BCUT2D eigenvalue weighted by Crippen LogP contribution is -2.30. The number of nitrogens with one attached hydrogen (secondary N) is 2. The molecule has 0 fully saturated rings. The Labute approximate surface area is 147 Å². The Morgan fingerprint density at radius 2 is 1.56 bits per heavy atom. The number of hydrogen-bond donors (Lipinski definition) is 2. The molecule has 0 aliphatic rings. The number of rotatable bonds is 5. The Balaban J connectivity index is 0.00000338. The third-order valence-corrected chi connectivity index (χ3v) is 4.51. The number of hydrogen-bond acceptors (Lipinski definition) is 6. The summed E-state index contributed by atoms with van der Waals surface area (Å²) in [4.78, 5) is 23.0. The molecule has 0 unspecified atom stereocenters. The molecule has 2 amide bonds. The molecule has 8 nitrogen and oxygen atoms in total. The highest BCUT2D eigenvalue weighted by Crippen LogP contribution is 2.16. The number of carbonyl (C=O) groups excluding carboxylic acids is 2. The second-order valence-corrected chi connectivity index (χ2v) is 6.49. The van der Waals surface area contributed by atoms with Gasteiger partial charge in [-0.15, -0.1) is 0 Å². The summed E-state index contributed by atoms with van der Waals surface area (Å²) in [6.45, 7) is 0. The zero-order valence-corrected chi connectivity index (χ0v) is 14.3. The highest BCUT2D eigenvalue weighted by atomic mass is 32.2. The predicted octanol–water partition coefficient (Wildman–Crippen LogP) is 2.48. The van der Waals surface area contributed by atoms with Gasteiger partial charge in [0.1, 0.15) is 5.75 Å². The van der Waals surface area contributed by atoms with E-state index in [-0.39, 0.29) is 13.7 Å². The van der Waals surface area contributed by atoms with Crippen molar-refractivity contribution in [1.82, 2.24) is 4.72 Å². The summed E-state index contributed by atoms with van der Waals surface area (Å²) in [6, 6.07) is 11.9. The van der Waals surface area contributed by atoms with Crippen molar-refractivity contribution in [3.05, 3.63) is 54.1 Å². The van der Waals surface area contributed by atoms with E-state index in [9.17, 15) is 18.0 Å². The maximum Gasteiger partial charge on any atom is 0.420 e. The minimum absolute atomic E-state index is 0. The van der Waals surface area contributed by atoms with E-state index >= 15 is 0 Å². The van der Waals surface area contributed by atoms with Gasteiger partial charge in [-0.2, -0.15) is 0 Å². The first-order valence-electron chi connectivity index (χ1n) is 7.02. The van der Waals surface area contributed by atoms with Crippen molar-refractivity contribution in [1.29, 1.82) is 0 Å². The first kappa shape index (κ1) is 18.3. The molecule has 136 valence electrons. The lowest BCUT2D eigenvalue weighted by molar-refractivity contribution is 0.102. The summed E-state index contributed by atoms with van der Waals surface area (Å²) in [5.41, 5.74) is 0.822. The summed E-state index contributed by atoms with van der Waals surface area (Å²) in [6.07, 6.45) is -1.09. The number of benzene rings is 2. The van der Waals surface area contributed by atoms with E-state index in [1.165, 1.54) is 31.4 Å². The molecule has 0 aromatic heterocycles. The van der Waals surface area contributed by atoms with Gasteiger partial charge in [0.2, 0.25) is 0 Å². The summed E-state index contributed by atoms with van der Waals surface area (Å²) in [7, 11) is -1.44. The molecule has 0 radical (unpaired) electrons. The molecule has 0 saturated carbocycles. The van der Waals surface area contributed by atoms with Crippen molar-refractivity contribution in [2.24, 2.45) is 0 Å². The van der Waals surface area contributed by atoms with E-state index in [4.69, 9.17) is 4.74 Å². The van der Waals surface area contributed by atoms with E-state index in [2.05, 4.69) is 10.1 Å². The third-order valence-electron chi connectivity index (χ3n) is 3.18. The third kappa shape index (κ3) is 4.70. The molecule has 2 N–H and O–H groups in total. The molecule has 0 aliphatic heterocycles. The Morgan fingerprint density at radius 3 is 2.08 bits per heavy atom. The Kier molecular flexibility index (Phi) is 5.60. The lowest BCUT2D eigenvalue weighted by atomic mass is 10.2. The highest BCUT2D eigenvalue weighted by Gasteiger charge is 2.17. The smallest absolute Gasteiger partial charge is 0.420 e. The summed E-state index contributed by atoms with van der Waals surface area (Å²) in [5.74, 6) is 0.273. The van der Waals surface area contributed by atoms with Crippen LogP contribution >= 0.6 is 0 Å². The maximum atomic E-state index is 12.1. The first-order valence-corrected chi connectivity index (χ1v) is 8.50. The van der Waals surface area contributed by atoms with Crippen molar-refractivity contribution in [2.45, 2.75) is 4.90 Å². The van der Waals surface area contributed by atoms with Gasteiger partial charge >= 0.3 is 6.09 Å². The second-order valence-electron chi connectivity index (χ2n) is 4.80. The van der Waals surface area contributed by atoms with Crippen molar-refractivity contribution in [3.63, 3.8) is 0 Å². The van der Waals surface area contributed by atoms with E-state index in [0.717, 1.165) is 7.11 Å². The van der Waals surface area contributed by atoms with Crippen LogP contribution in [0, 0.1) is 0 Å². The van der Waals surface area contributed by atoms with Gasteiger partial charge < -0.3 is 14.8 Å². The topological polar surface area (TPSA) is 111 Å². The summed E-state index contributed by atoms with van der Waals surface area (Å²) >= 11 is 0. The Bertz CT molecular complexity index is 871. The molecule has 0 bridgehead atoms. The van der Waals surface area contributed by atoms with Gasteiger partial charge in [0.05, 0.1) is 19.1 Å². The molecule has 0 atom stereocenters. The maximum absolute atomic E-state index is 12.1. The Hall–Kier alpha value is -3.07. The van der Waals surface area contributed by atoms with Crippen LogP contribution in [0.5, 0.6) is 5.75 Å². The van der Waals surface area contributed by atoms with Crippen LogP contribution in [0.3, 0.4) is 0 Å². The van der Waals surface area contributed by atoms with Gasteiger partial charge in [0.15, 0.2) is 0 Å². The van der Waals surface area contributed by atoms with Crippen molar-refractivity contribution >= 4 is 27.7 Å². The van der Waals surface area contributed by atoms with E-state index in [1.807, 2.05) is 0 Å². The van der Waals surface area contributed by atoms with E-state index in [0.29, 0.717) is 17.0 Å². The molecule has 2 aromatic carbocycles. The average Bonchev–Trinajstić information content (AvgIpc) is 2.61. The number of ether oxygens (including phenoxy) is 2. The van der Waals surface area contributed by atoms with E-state index < -0.39 is 16.1 Å². The van der Waals surface area contributed by atoms with Gasteiger partial charge in [-0.3, -0.25) is 4.79 Å². The quantitative estimate of drug-likeness (QED) is 0.839. The second kappa shape index (κ2) is 7.67. The molecule has 25 heavy (non-hydrogen) atoms. The number of anilines is 1. The minimum atomic E-state index is -4.03. The molecule has 0 aliphatic carbocycles. The van der Waals surface area contributed by atoms with Gasteiger partial charge in [0.25, 0.3) is 15.9 Å². The molecular formula is C16H20N2O6S. The standard InChI is InChI=1S/C16H16N2O6S.2H2/c1-23-13-7-3-11(4-8-13)15(19)17-12-5-9-14(10-6-12)25(21,22)18-16(20)24-2;;/h3-10H,1-2H3,(H,17,19)(H,18,20);2*1H. The van der Waals surface area contributed by atoms with Crippen LogP contribution in [0.15, 0.2) is 53.4 Å². The van der Waals surface area contributed by atoms with Gasteiger partial charge in [-0.05, 0) is 48.5 Å². The molecule has 2 aromatic rings. The fourth-order valence-corrected chi connectivity index (χ4v) is 2.79. The molecule has 0 heterocycles. The van der Waals surface area contributed by atoms with Crippen LogP contribution in [-0.2, 0) is 14.8 Å². The van der Waals surface area contributed by atoms with Crippen LogP contribution in [0.25, 0.3) is 0 Å². The van der Waals surface area contributed by atoms with Crippen molar-refractivity contribution in [3.8, 4) is 5.75 Å². The number of methoxy groups -OCH3 is 2. The van der Waals surface area contributed by atoms with Crippen molar-refractivity contribution in [2.75, 3.05) is 19.5 Å². The van der Waals surface area contributed by atoms with E-state index in [1.54, 1.807) is 29.0 Å². The largest absolute Gasteiger partial charge is 0.497 e. The number of carbonyl (C=O) groups is 2. The summed E-state index contributed by atoms with van der Waals surface area (Å²) < 4.78 is 34.8. The van der Waals surface area contributed by atoms with Crippen molar-refractivity contribution < 1.29 is 30.3 Å². The predicted molar refractivity (Wildman–Crippen MR) is 94.3 cm³/mol. The zero-order valence-electron chi connectivity index (χ0n) is 13.5. The lowest BCUT2D eigenvalue weighted by Gasteiger charge is -2.08.